The van der Waals surface area contributed by atoms with Gasteiger partial charge in [0.1, 0.15) is 5.82 Å². The molecule has 0 radical (unpaired) electrons. The first-order chi connectivity index (χ1) is 11.2. The van der Waals surface area contributed by atoms with Crippen molar-refractivity contribution in [3.05, 3.63) is 45.6 Å². The van der Waals surface area contributed by atoms with E-state index in [0.29, 0.717) is 12.5 Å². The fraction of sp³-hybridized carbons (Fsp3) is 0.412. The summed E-state index contributed by atoms with van der Waals surface area (Å²) in [5.41, 5.74) is 3.76. The van der Waals surface area contributed by atoms with Gasteiger partial charge in [-0.15, -0.1) is 0 Å². The molecule has 0 aliphatic carbocycles. The van der Waals surface area contributed by atoms with Crippen molar-refractivity contribution in [2.45, 2.75) is 26.3 Å². The van der Waals surface area contributed by atoms with Crippen molar-refractivity contribution in [2.24, 2.45) is 0 Å². The van der Waals surface area contributed by atoms with Gasteiger partial charge in [0.2, 0.25) is 5.95 Å². The molecule has 0 atom stereocenters. The number of aliphatic hydroxyl groups excluding tert-OH is 1. The Morgan fingerprint density at radius 1 is 1.26 bits per heavy atom. The SMILES string of the molecule is CCc1cc(N2CCc3ccc(Br)cc3C2)nc(NCCO)n1. The van der Waals surface area contributed by atoms with E-state index in [-0.39, 0.29) is 6.61 Å². The molecule has 6 heteroatoms. The third-order valence-corrected chi connectivity index (χ3v) is 4.52. The molecule has 0 fully saturated rings. The third-order valence-electron chi connectivity index (χ3n) is 4.03. The van der Waals surface area contributed by atoms with E-state index >= 15 is 0 Å². The van der Waals surface area contributed by atoms with Gasteiger partial charge in [0, 0.05) is 35.9 Å². The molecule has 0 unspecified atom stereocenters. The minimum atomic E-state index is 0.0696. The highest BCUT2D eigenvalue weighted by molar-refractivity contribution is 9.10. The van der Waals surface area contributed by atoms with Crippen molar-refractivity contribution in [1.82, 2.24) is 9.97 Å². The van der Waals surface area contributed by atoms with Crippen LogP contribution < -0.4 is 10.2 Å². The minimum Gasteiger partial charge on any atom is -0.395 e. The van der Waals surface area contributed by atoms with Gasteiger partial charge in [-0.3, -0.25) is 0 Å². The molecule has 1 aromatic heterocycles. The summed E-state index contributed by atoms with van der Waals surface area (Å²) in [7, 11) is 0. The number of aromatic nitrogens is 2. The second-order valence-electron chi connectivity index (χ2n) is 5.63. The van der Waals surface area contributed by atoms with Crippen LogP contribution in [0, 0.1) is 0 Å². The molecular weight excluding hydrogens is 356 g/mol. The molecule has 1 aromatic carbocycles. The Balaban J connectivity index is 1.86. The second kappa shape index (κ2) is 7.27. The van der Waals surface area contributed by atoms with Crippen molar-refractivity contribution in [2.75, 3.05) is 29.9 Å². The topological polar surface area (TPSA) is 61.3 Å². The third kappa shape index (κ3) is 3.82. The van der Waals surface area contributed by atoms with Crippen LogP contribution in [0.3, 0.4) is 0 Å². The first-order valence-electron chi connectivity index (χ1n) is 7.94. The van der Waals surface area contributed by atoms with Crippen molar-refractivity contribution in [1.29, 1.82) is 0 Å². The number of rotatable bonds is 5. The average molecular weight is 377 g/mol. The van der Waals surface area contributed by atoms with Gasteiger partial charge >= 0.3 is 0 Å². The zero-order valence-electron chi connectivity index (χ0n) is 13.2. The number of hydrogen-bond acceptors (Lipinski definition) is 5. The van der Waals surface area contributed by atoms with Gasteiger partial charge in [-0.2, -0.15) is 4.98 Å². The lowest BCUT2D eigenvalue weighted by molar-refractivity contribution is 0.311. The summed E-state index contributed by atoms with van der Waals surface area (Å²) in [4.78, 5) is 11.4. The summed E-state index contributed by atoms with van der Waals surface area (Å²) in [6.45, 7) is 4.43. The molecule has 5 nitrogen and oxygen atoms in total. The van der Waals surface area contributed by atoms with Crippen LogP contribution in [0.5, 0.6) is 0 Å². The minimum absolute atomic E-state index is 0.0696. The van der Waals surface area contributed by atoms with Gasteiger partial charge in [-0.1, -0.05) is 28.9 Å². The predicted octanol–water partition coefficient (Wildman–Crippen LogP) is 2.77. The highest BCUT2D eigenvalue weighted by atomic mass is 79.9. The van der Waals surface area contributed by atoms with E-state index in [2.05, 4.69) is 67.3 Å². The van der Waals surface area contributed by atoms with Crippen molar-refractivity contribution in [3.8, 4) is 0 Å². The number of aliphatic hydroxyl groups is 1. The van der Waals surface area contributed by atoms with E-state index in [1.165, 1.54) is 11.1 Å². The van der Waals surface area contributed by atoms with Crippen LogP contribution in [0.2, 0.25) is 0 Å². The number of hydrogen-bond donors (Lipinski definition) is 2. The Hall–Kier alpha value is -1.66. The fourth-order valence-corrected chi connectivity index (χ4v) is 3.20. The number of nitrogens with one attached hydrogen (secondary N) is 1. The highest BCUT2D eigenvalue weighted by Gasteiger charge is 2.19. The van der Waals surface area contributed by atoms with E-state index in [1.807, 2.05) is 0 Å². The smallest absolute Gasteiger partial charge is 0.224 e. The Bertz CT molecular complexity index is 692. The van der Waals surface area contributed by atoms with Crippen LogP contribution in [0.25, 0.3) is 0 Å². The van der Waals surface area contributed by atoms with Crippen LogP contribution >= 0.6 is 15.9 Å². The van der Waals surface area contributed by atoms with Crippen LogP contribution in [-0.2, 0) is 19.4 Å². The van der Waals surface area contributed by atoms with Gasteiger partial charge in [-0.05, 0) is 36.1 Å². The van der Waals surface area contributed by atoms with Crippen molar-refractivity contribution < 1.29 is 5.11 Å². The molecule has 2 N–H and O–H groups in total. The normalized spacial score (nSPS) is 13.8. The van der Waals surface area contributed by atoms with Gasteiger partial charge in [0.15, 0.2) is 0 Å². The number of aryl methyl sites for hydroxylation is 1. The number of nitrogens with zero attached hydrogens (tertiary/aromatic N) is 3. The maximum Gasteiger partial charge on any atom is 0.224 e. The van der Waals surface area contributed by atoms with Crippen LogP contribution in [-0.4, -0.2) is 34.8 Å². The molecular formula is C17H21BrN4O. The van der Waals surface area contributed by atoms with E-state index in [1.54, 1.807) is 0 Å². The number of benzene rings is 1. The molecule has 3 rings (SSSR count). The fourth-order valence-electron chi connectivity index (χ4n) is 2.79. The molecule has 1 aliphatic heterocycles. The monoisotopic (exact) mass is 376 g/mol. The molecule has 2 heterocycles. The summed E-state index contributed by atoms with van der Waals surface area (Å²) in [5.74, 6) is 1.54. The Morgan fingerprint density at radius 2 is 2.13 bits per heavy atom. The highest BCUT2D eigenvalue weighted by Crippen LogP contribution is 2.26. The lowest BCUT2D eigenvalue weighted by Crippen LogP contribution is -2.31. The van der Waals surface area contributed by atoms with Crippen LogP contribution in [0.1, 0.15) is 23.7 Å². The van der Waals surface area contributed by atoms with Crippen molar-refractivity contribution >= 4 is 27.7 Å². The molecule has 2 aromatic rings. The molecule has 0 spiro atoms. The maximum atomic E-state index is 8.97. The van der Waals surface area contributed by atoms with E-state index in [4.69, 9.17) is 5.11 Å². The largest absolute Gasteiger partial charge is 0.395 e. The maximum absolute atomic E-state index is 8.97. The number of fused-ring (bicyclic) bond motifs is 1. The second-order valence-corrected chi connectivity index (χ2v) is 6.55. The molecule has 122 valence electrons. The van der Waals surface area contributed by atoms with E-state index < -0.39 is 0 Å². The van der Waals surface area contributed by atoms with Gasteiger partial charge in [-0.25, -0.2) is 4.98 Å². The zero-order chi connectivity index (χ0) is 16.2. The zero-order valence-corrected chi connectivity index (χ0v) is 14.8. The first-order valence-corrected chi connectivity index (χ1v) is 8.74. The Kier molecular flexibility index (Phi) is 5.13. The summed E-state index contributed by atoms with van der Waals surface area (Å²) >= 11 is 3.55. The average Bonchev–Trinajstić information content (AvgIpc) is 2.58. The first kappa shape index (κ1) is 16.2. The standard InChI is InChI=1S/C17H21BrN4O/c1-2-15-10-16(21-17(20-15)19-6-8-23)22-7-5-12-3-4-14(18)9-13(12)11-22/h3-4,9-10,23H,2,5-8,11H2,1H3,(H,19,20,21). The Labute approximate surface area is 144 Å². The van der Waals surface area contributed by atoms with E-state index in [0.717, 1.165) is 41.9 Å². The quantitative estimate of drug-likeness (QED) is 0.839. The lowest BCUT2D eigenvalue weighted by Gasteiger charge is -2.30. The van der Waals surface area contributed by atoms with Crippen LogP contribution in [0.4, 0.5) is 11.8 Å². The lowest BCUT2D eigenvalue weighted by atomic mass is 10.00. The summed E-state index contributed by atoms with van der Waals surface area (Å²) in [6.07, 6.45) is 1.88. The van der Waals surface area contributed by atoms with E-state index in [9.17, 15) is 0 Å². The summed E-state index contributed by atoms with van der Waals surface area (Å²) in [5, 5.41) is 12.0. The number of anilines is 2. The summed E-state index contributed by atoms with van der Waals surface area (Å²) < 4.78 is 1.11. The molecule has 0 saturated heterocycles. The molecule has 0 saturated carbocycles. The number of halogens is 1. The van der Waals surface area contributed by atoms with Gasteiger partial charge < -0.3 is 15.3 Å². The van der Waals surface area contributed by atoms with Crippen LogP contribution in [0.15, 0.2) is 28.7 Å². The van der Waals surface area contributed by atoms with Gasteiger partial charge in [0.25, 0.3) is 0 Å². The Morgan fingerprint density at radius 3 is 2.91 bits per heavy atom. The predicted molar refractivity (Wildman–Crippen MR) is 95.9 cm³/mol. The molecule has 23 heavy (non-hydrogen) atoms. The van der Waals surface area contributed by atoms with Crippen molar-refractivity contribution in [3.63, 3.8) is 0 Å². The molecule has 1 aliphatic rings. The molecule has 0 amide bonds. The summed E-state index contributed by atoms with van der Waals surface area (Å²) in [6, 6.07) is 8.55. The van der Waals surface area contributed by atoms with Gasteiger partial charge in [0.05, 0.1) is 6.61 Å². The molecule has 0 bridgehead atoms.